The van der Waals surface area contributed by atoms with Crippen LogP contribution in [0.4, 0.5) is 0 Å². The first kappa shape index (κ1) is 15.0. The second-order valence-corrected chi connectivity index (χ2v) is 6.00. The molecular weight excluding hydrogens is 250 g/mol. The van der Waals surface area contributed by atoms with Crippen molar-refractivity contribution < 1.29 is 9.90 Å². The quantitative estimate of drug-likeness (QED) is 0.917. The molecule has 0 radical (unpaired) electrons. The van der Waals surface area contributed by atoms with Crippen molar-refractivity contribution in [2.45, 2.75) is 51.5 Å². The molecule has 0 spiro atoms. The average molecular weight is 275 g/mol. The van der Waals surface area contributed by atoms with Gasteiger partial charge < -0.3 is 10.0 Å². The third kappa shape index (κ3) is 2.59. The van der Waals surface area contributed by atoms with Crippen LogP contribution in [-0.2, 0) is 10.2 Å². The summed E-state index contributed by atoms with van der Waals surface area (Å²) in [6.07, 6.45) is 2.53. The molecule has 1 aliphatic rings. The molecule has 0 aromatic heterocycles. The van der Waals surface area contributed by atoms with Gasteiger partial charge in [0.1, 0.15) is 0 Å². The summed E-state index contributed by atoms with van der Waals surface area (Å²) in [5.74, 6) is -0.671. The molecule has 110 valence electrons. The lowest BCUT2D eigenvalue weighted by Gasteiger charge is -2.42. The fourth-order valence-electron chi connectivity index (χ4n) is 3.31. The normalized spacial score (nSPS) is 20.6. The fraction of sp³-hybridized carbons (Fsp3) is 0.588. The van der Waals surface area contributed by atoms with Gasteiger partial charge in [-0.15, -0.1) is 0 Å². The average Bonchev–Trinajstić information content (AvgIpc) is 2.47. The predicted molar refractivity (Wildman–Crippen MR) is 81.1 cm³/mol. The Morgan fingerprint density at radius 2 is 1.95 bits per heavy atom. The summed E-state index contributed by atoms with van der Waals surface area (Å²) in [5.41, 5.74) is 1.39. The fourth-order valence-corrected chi connectivity index (χ4v) is 3.31. The Morgan fingerprint density at radius 3 is 2.45 bits per heavy atom. The summed E-state index contributed by atoms with van der Waals surface area (Å²) in [5, 5.41) is 9.83. The summed E-state index contributed by atoms with van der Waals surface area (Å²) in [6, 6.07) is 8.47. The standard InChI is InChI=1S/C17H25NO2/c1-4-14(3)18-11-9-17(10-12-18,16(19)20)15-8-6-5-7-13(15)2/h5-8,14H,4,9-12H2,1-3H3,(H,19,20). The van der Waals surface area contributed by atoms with Gasteiger partial charge in [-0.1, -0.05) is 31.2 Å². The molecule has 0 saturated carbocycles. The van der Waals surface area contributed by atoms with Crippen LogP contribution in [-0.4, -0.2) is 35.1 Å². The molecule has 1 fully saturated rings. The lowest BCUT2D eigenvalue weighted by atomic mass is 9.71. The number of likely N-dealkylation sites (tertiary alicyclic amines) is 1. The van der Waals surface area contributed by atoms with Gasteiger partial charge in [-0.2, -0.15) is 0 Å². The van der Waals surface area contributed by atoms with Crippen molar-refractivity contribution in [1.29, 1.82) is 0 Å². The van der Waals surface area contributed by atoms with E-state index in [4.69, 9.17) is 0 Å². The second kappa shape index (κ2) is 5.96. The molecule has 0 amide bonds. The number of aryl methyl sites for hydroxylation is 1. The molecular formula is C17H25NO2. The summed E-state index contributed by atoms with van der Waals surface area (Å²) >= 11 is 0. The van der Waals surface area contributed by atoms with E-state index < -0.39 is 11.4 Å². The molecule has 1 aliphatic heterocycles. The third-order valence-electron chi connectivity index (χ3n) is 4.94. The van der Waals surface area contributed by atoms with Crippen molar-refractivity contribution >= 4 is 5.97 Å². The minimum atomic E-state index is -0.699. The van der Waals surface area contributed by atoms with Gasteiger partial charge in [0.05, 0.1) is 5.41 Å². The highest BCUT2D eigenvalue weighted by atomic mass is 16.4. The van der Waals surface area contributed by atoms with Gasteiger partial charge in [-0.25, -0.2) is 0 Å². The summed E-state index contributed by atoms with van der Waals surface area (Å²) in [4.78, 5) is 14.4. The topological polar surface area (TPSA) is 40.5 Å². The van der Waals surface area contributed by atoms with E-state index in [-0.39, 0.29) is 0 Å². The molecule has 1 aromatic carbocycles. The molecule has 1 unspecified atom stereocenters. The summed E-state index contributed by atoms with van der Waals surface area (Å²) < 4.78 is 0. The van der Waals surface area contributed by atoms with Crippen molar-refractivity contribution in [3.05, 3.63) is 35.4 Å². The maximum absolute atomic E-state index is 12.0. The first-order chi connectivity index (χ1) is 9.51. The number of hydrogen-bond acceptors (Lipinski definition) is 2. The van der Waals surface area contributed by atoms with Gasteiger partial charge in [-0.05, 0) is 57.3 Å². The lowest BCUT2D eigenvalue weighted by molar-refractivity contribution is -0.146. The van der Waals surface area contributed by atoms with Crippen LogP contribution < -0.4 is 0 Å². The first-order valence-corrected chi connectivity index (χ1v) is 7.55. The molecule has 1 atom stereocenters. The first-order valence-electron chi connectivity index (χ1n) is 7.55. The molecule has 3 heteroatoms. The molecule has 1 aromatic rings. The van der Waals surface area contributed by atoms with E-state index in [9.17, 15) is 9.90 Å². The predicted octanol–water partition coefficient (Wildman–Crippen LogP) is 3.21. The summed E-state index contributed by atoms with van der Waals surface area (Å²) in [6.45, 7) is 8.17. The Morgan fingerprint density at radius 1 is 1.35 bits per heavy atom. The van der Waals surface area contributed by atoms with Crippen LogP contribution in [0.3, 0.4) is 0 Å². The van der Waals surface area contributed by atoms with Crippen molar-refractivity contribution in [2.24, 2.45) is 0 Å². The second-order valence-electron chi connectivity index (χ2n) is 6.00. The van der Waals surface area contributed by atoms with Crippen LogP contribution in [0.2, 0.25) is 0 Å². The van der Waals surface area contributed by atoms with Crippen LogP contribution in [0.1, 0.15) is 44.2 Å². The SMILES string of the molecule is CCC(C)N1CCC(C(=O)O)(c2ccccc2C)CC1. The van der Waals surface area contributed by atoms with Crippen molar-refractivity contribution in [2.75, 3.05) is 13.1 Å². The molecule has 1 saturated heterocycles. The number of carboxylic acids is 1. The van der Waals surface area contributed by atoms with Crippen molar-refractivity contribution in [1.82, 2.24) is 4.90 Å². The molecule has 0 bridgehead atoms. The molecule has 3 nitrogen and oxygen atoms in total. The van der Waals surface area contributed by atoms with E-state index in [0.717, 1.165) is 30.6 Å². The van der Waals surface area contributed by atoms with E-state index >= 15 is 0 Å². The molecule has 2 rings (SSSR count). The monoisotopic (exact) mass is 275 g/mol. The third-order valence-corrected chi connectivity index (χ3v) is 4.94. The van der Waals surface area contributed by atoms with Crippen LogP contribution in [0.25, 0.3) is 0 Å². The van der Waals surface area contributed by atoms with Gasteiger partial charge in [0.2, 0.25) is 0 Å². The number of aliphatic carboxylic acids is 1. The lowest BCUT2D eigenvalue weighted by Crippen LogP contribution is -2.49. The van der Waals surface area contributed by atoms with E-state index in [1.165, 1.54) is 0 Å². The maximum Gasteiger partial charge on any atom is 0.314 e. The number of carboxylic acid groups (broad SMARTS) is 1. The Kier molecular flexibility index (Phi) is 4.48. The van der Waals surface area contributed by atoms with Crippen LogP contribution in [0, 0.1) is 6.92 Å². The van der Waals surface area contributed by atoms with Crippen LogP contribution in [0.5, 0.6) is 0 Å². The van der Waals surface area contributed by atoms with Gasteiger partial charge >= 0.3 is 5.97 Å². The Balaban J connectivity index is 2.27. The minimum absolute atomic E-state index is 0.540. The van der Waals surface area contributed by atoms with E-state index in [1.807, 2.05) is 31.2 Å². The minimum Gasteiger partial charge on any atom is -0.481 e. The maximum atomic E-state index is 12.0. The Labute approximate surface area is 121 Å². The van der Waals surface area contributed by atoms with E-state index in [1.54, 1.807) is 0 Å². The number of benzene rings is 1. The summed E-state index contributed by atoms with van der Waals surface area (Å²) in [7, 11) is 0. The number of hydrogen-bond donors (Lipinski definition) is 1. The van der Waals surface area contributed by atoms with E-state index in [0.29, 0.717) is 18.9 Å². The van der Waals surface area contributed by atoms with E-state index in [2.05, 4.69) is 18.7 Å². The molecule has 0 aliphatic carbocycles. The van der Waals surface area contributed by atoms with Gasteiger partial charge in [0, 0.05) is 6.04 Å². The zero-order valence-electron chi connectivity index (χ0n) is 12.7. The van der Waals surface area contributed by atoms with Crippen LogP contribution in [0.15, 0.2) is 24.3 Å². The van der Waals surface area contributed by atoms with Gasteiger partial charge in [0.15, 0.2) is 0 Å². The smallest absolute Gasteiger partial charge is 0.314 e. The molecule has 20 heavy (non-hydrogen) atoms. The zero-order valence-corrected chi connectivity index (χ0v) is 12.7. The number of carbonyl (C=O) groups is 1. The highest BCUT2D eigenvalue weighted by Gasteiger charge is 2.44. The highest BCUT2D eigenvalue weighted by molar-refractivity contribution is 5.82. The molecule has 1 N–H and O–H groups in total. The molecule has 1 heterocycles. The van der Waals surface area contributed by atoms with Crippen molar-refractivity contribution in [3.8, 4) is 0 Å². The van der Waals surface area contributed by atoms with Crippen molar-refractivity contribution in [3.63, 3.8) is 0 Å². The Bertz CT molecular complexity index is 476. The Hall–Kier alpha value is -1.35. The number of rotatable bonds is 4. The number of nitrogens with zero attached hydrogens (tertiary/aromatic N) is 1. The zero-order chi connectivity index (χ0) is 14.8. The van der Waals surface area contributed by atoms with Crippen LogP contribution >= 0.6 is 0 Å². The van der Waals surface area contributed by atoms with Gasteiger partial charge in [-0.3, -0.25) is 4.79 Å². The largest absolute Gasteiger partial charge is 0.481 e. The number of piperidine rings is 1. The van der Waals surface area contributed by atoms with Gasteiger partial charge in [0.25, 0.3) is 0 Å². The highest BCUT2D eigenvalue weighted by Crippen LogP contribution is 2.38.